The molecule has 0 bridgehead atoms. The molecule has 1 heterocycles. The number of hydrogen-bond acceptors (Lipinski definition) is 5. The van der Waals surface area contributed by atoms with E-state index in [4.69, 9.17) is 4.74 Å². The second-order valence-electron chi connectivity index (χ2n) is 5.26. The van der Waals surface area contributed by atoms with Crippen molar-refractivity contribution in [2.45, 2.75) is 13.0 Å². The van der Waals surface area contributed by atoms with Gasteiger partial charge in [-0.3, -0.25) is 0 Å². The molecule has 1 atom stereocenters. The molecule has 3 rings (SSSR count). The lowest BCUT2D eigenvalue weighted by Gasteiger charge is -2.11. The van der Waals surface area contributed by atoms with Gasteiger partial charge in [0.15, 0.2) is 6.10 Å². The third-order valence-electron chi connectivity index (χ3n) is 3.62. The number of nitrogens with one attached hydrogen (secondary N) is 1. The third-order valence-corrected chi connectivity index (χ3v) is 3.62. The lowest BCUT2D eigenvalue weighted by atomic mass is 10.1. The van der Waals surface area contributed by atoms with Gasteiger partial charge in [0.1, 0.15) is 5.82 Å². The molecule has 0 aliphatic carbocycles. The summed E-state index contributed by atoms with van der Waals surface area (Å²) in [5, 5.41) is 0. The second-order valence-corrected chi connectivity index (χ2v) is 5.26. The smallest absolute Gasteiger partial charge is 0.338 e. The molecule has 0 aliphatic heterocycles. The van der Waals surface area contributed by atoms with Crippen molar-refractivity contribution in [3.63, 3.8) is 0 Å². The van der Waals surface area contributed by atoms with Crippen molar-refractivity contribution in [3.8, 4) is 0 Å². The minimum Gasteiger partial charge on any atom is -0.465 e. The molecule has 0 saturated carbocycles. The number of fused-ring (bicyclic) bond motifs is 1. The van der Waals surface area contributed by atoms with E-state index in [9.17, 15) is 9.59 Å². The minimum atomic E-state index is -0.523. The molecule has 0 saturated heterocycles. The number of methoxy groups -OCH3 is 1. The second kappa shape index (κ2) is 6.54. The summed E-state index contributed by atoms with van der Waals surface area (Å²) in [5.41, 5.74) is 2.43. The van der Waals surface area contributed by atoms with Crippen LogP contribution in [0.15, 0.2) is 48.5 Å². The van der Waals surface area contributed by atoms with Gasteiger partial charge in [0.2, 0.25) is 0 Å². The molecule has 1 aromatic heterocycles. The summed E-state index contributed by atoms with van der Waals surface area (Å²) in [5.74, 6) is -0.360. The van der Waals surface area contributed by atoms with Crippen LogP contribution in [0.3, 0.4) is 0 Å². The summed E-state index contributed by atoms with van der Waals surface area (Å²) >= 11 is 0. The number of para-hydroxylation sites is 2. The molecule has 0 aliphatic rings. The zero-order chi connectivity index (χ0) is 17.1. The van der Waals surface area contributed by atoms with Crippen molar-refractivity contribution in [2.24, 2.45) is 0 Å². The Morgan fingerprint density at radius 2 is 1.62 bits per heavy atom. The zero-order valence-electron chi connectivity index (χ0n) is 13.3. The largest absolute Gasteiger partial charge is 0.465 e. The molecule has 122 valence electrons. The van der Waals surface area contributed by atoms with Gasteiger partial charge in [0.05, 0.1) is 29.3 Å². The SMILES string of the molecule is COC(=O)c1ccc(C(=O)O[C@@H](C)c2nc3ccccc3[nH]2)cc1. The van der Waals surface area contributed by atoms with Crippen LogP contribution in [-0.4, -0.2) is 29.0 Å². The summed E-state index contributed by atoms with van der Waals surface area (Å²) in [7, 11) is 1.31. The molecule has 0 spiro atoms. The topological polar surface area (TPSA) is 81.3 Å². The zero-order valence-corrected chi connectivity index (χ0v) is 13.3. The lowest BCUT2D eigenvalue weighted by Crippen LogP contribution is -2.11. The fraction of sp³-hybridized carbons (Fsp3) is 0.167. The number of hydrogen-bond donors (Lipinski definition) is 1. The van der Waals surface area contributed by atoms with E-state index in [1.165, 1.54) is 31.4 Å². The average Bonchev–Trinajstić information content (AvgIpc) is 3.05. The van der Waals surface area contributed by atoms with Crippen molar-refractivity contribution < 1.29 is 19.1 Å². The van der Waals surface area contributed by atoms with E-state index in [0.717, 1.165) is 11.0 Å². The maximum absolute atomic E-state index is 12.2. The Morgan fingerprint density at radius 3 is 2.25 bits per heavy atom. The highest BCUT2D eigenvalue weighted by molar-refractivity contribution is 5.93. The first-order valence-electron chi connectivity index (χ1n) is 7.42. The van der Waals surface area contributed by atoms with Gasteiger partial charge in [0.25, 0.3) is 0 Å². The van der Waals surface area contributed by atoms with E-state index in [1.807, 2.05) is 24.3 Å². The monoisotopic (exact) mass is 324 g/mol. The molecular formula is C18H16N2O4. The van der Waals surface area contributed by atoms with Crippen molar-refractivity contribution in [1.82, 2.24) is 9.97 Å². The number of aromatic nitrogens is 2. The number of ether oxygens (including phenoxy) is 2. The molecule has 6 nitrogen and oxygen atoms in total. The molecular weight excluding hydrogens is 308 g/mol. The number of carbonyl (C=O) groups excluding carboxylic acids is 2. The fourth-order valence-electron chi connectivity index (χ4n) is 2.31. The standard InChI is InChI=1S/C18H16N2O4/c1-11(16-19-14-5-3-4-6-15(14)20-16)24-18(22)13-9-7-12(8-10-13)17(21)23-2/h3-11H,1-2H3,(H,19,20)/t11-/m0/s1. The molecule has 0 radical (unpaired) electrons. The quantitative estimate of drug-likeness (QED) is 0.745. The highest BCUT2D eigenvalue weighted by Gasteiger charge is 2.17. The van der Waals surface area contributed by atoms with Crippen LogP contribution < -0.4 is 0 Å². The molecule has 6 heteroatoms. The Kier molecular flexibility index (Phi) is 4.29. The first-order chi connectivity index (χ1) is 11.6. The summed E-state index contributed by atoms with van der Waals surface area (Å²) in [6.45, 7) is 1.75. The number of aromatic amines is 1. The Hall–Kier alpha value is -3.15. The maximum atomic E-state index is 12.2. The van der Waals surface area contributed by atoms with Gasteiger partial charge in [-0.15, -0.1) is 0 Å². The fourth-order valence-corrected chi connectivity index (χ4v) is 2.31. The van der Waals surface area contributed by atoms with Crippen LogP contribution in [0.5, 0.6) is 0 Å². The highest BCUT2D eigenvalue weighted by atomic mass is 16.5. The van der Waals surface area contributed by atoms with Crippen LogP contribution in [0.1, 0.15) is 39.6 Å². The maximum Gasteiger partial charge on any atom is 0.338 e. The van der Waals surface area contributed by atoms with Crippen LogP contribution in [0.25, 0.3) is 11.0 Å². The van der Waals surface area contributed by atoms with E-state index < -0.39 is 18.0 Å². The minimum absolute atomic E-state index is 0.352. The molecule has 1 N–H and O–H groups in total. The summed E-state index contributed by atoms with van der Waals surface area (Å²) in [6, 6.07) is 13.7. The number of imidazole rings is 1. The summed E-state index contributed by atoms with van der Waals surface area (Å²) < 4.78 is 10.1. The van der Waals surface area contributed by atoms with Crippen LogP contribution in [0.4, 0.5) is 0 Å². The van der Waals surface area contributed by atoms with Gasteiger partial charge >= 0.3 is 11.9 Å². The van der Waals surface area contributed by atoms with Gasteiger partial charge in [-0.2, -0.15) is 0 Å². The average molecular weight is 324 g/mol. The first-order valence-corrected chi connectivity index (χ1v) is 7.42. The molecule has 2 aromatic carbocycles. The highest BCUT2D eigenvalue weighted by Crippen LogP contribution is 2.20. The molecule has 24 heavy (non-hydrogen) atoms. The van der Waals surface area contributed by atoms with E-state index in [0.29, 0.717) is 17.0 Å². The molecule has 0 fully saturated rings. The van der Waals surface area contributed by atoms with E-state index >= 15 is 0 Å². The van der Waals surface area contributed by atoms with Gasteiger partial charge in [0, 0.05) is 0 Å². The summed E-state index contributed by atoms with van der Waals surface area (Å²) in [6.07, 6.45) is -0.523. The van der Waals surface area contributed by atoms with Crippen molar-refractivity contribution in [1.29, 1.82) is 0 Å². The lowest BCUT2D eigenvalue weighted by molar-refractivity contribution is 0.0321. The van der Waals surface area contributed by atoms with Crippen LogP contribution in [0, 0.1) is 0 Å². The third kappa shape index (κ3) is 3.12. The number of nitrogens with zero attached hydrogens (tertiary/aromatic N) is 1. The molecule has 0 amide bonds. The number of carbonyl (C=O) groups is 2. The molecule has 0 unspecified atom stereocenters. The van der Waals surface area contributed by atoms with Crippen molar-refractivity contribution >= 4 is 23.0 Å². The van der Waals surface area contributed by atoms with Gasteiger partial charge in [-0.25, -0.2) is 14.6 Å². The Morgan fingerprint density at radius 1 is 1.00 bits per heavy atom. The number of rotatable bonds is 4. The Labute approximate surface area is 138 Å². The molecule has 3 aromatic rings. The van der Waals surface area contributed by atoms with Gasteiger partial charge < -0.3 is 14.5 Å². The van der Waals surface area contributed by atoms with E-state index in [2.05, 4.69) is 14.7 Å². The number of benzene rings is 2. The number of esters is 2. The Balaban J connectivity index is 1.72. The van der Waals surface area contributed by atoms with Crippen LogP contribution in [-0.2, 0) is 9.47 Å². The Bertz CT molecular complexity index is 850. The normalized spacial score (nSPS) is 11.9. The van der Waals surface area contributed by atoms with Crippen molar-refractivity contribution in [3.05, 3.63) is 65.5 Å². The van der Waals surface area contributed by atoms with Gasteiger partial charge in [-0.1, -0.05) is 12.1 Å². The van der Waals surface area contributed by atoms with E-state index in [1.54, 1.807) is 6.92 Å². The van der Waals surface area contributed by atoms with Crippen molar-refractivity contribution in [2.75, 3.05) is 7.11 Å². The van der Waals surface area contributed by atoms with Crippen LogP contribution >= 0.6 is 0 Å². The number of H-pyrrole nitrogens is 1. The van der Waals surface area contributed by atoms with Gasteiger partial charge in [-0.05, 0) is 43.3 Å². The van der Waals surface area contributed by atoms with Crippen LogP contribution in [0.2, 0.25) is 0 Å². The van der Waals surface area contributed by atoms with E-state index in [-0.39, 0.29) is 0 Å². The predicted octanol–water partition coefficient (Wildman–Crippen LogP) is 3.27. The predicted molar refractivity (Wildman–Crippen MR) is 87.7 cm³/mol. The summed E-state index contributed by atoms with van der Waals surface area (Å²) in [4.78, 5) is 31.2. The first kappa shape index (κ1) is 15.7.